The van der Waals surface area contributed by atoms with Gasteiger partial charge in [0.2, 0.25) is 5.91 Å². The molecular formula is C18H28N2O. The molecule has 0 bridgehead atoms. The van der Waals surface area contributed by atoms with Crippen LogP contribution in [0.5, 0.6) is 0 Å². The van der Waals surface area contributed by atoms with Crippen molar-refractivity contribution in [1.82, 2.24) is 5.32 Å². The van der Waals surface area contributed by atoms with Crippen molar-refractivity contribution in [3.63, 3.8) is 0 Å². The number of hydrogen-bond acceptors (Lipinski definition) is 2. The summed E-state index contributed by atoms with van der Waals surface area (Å²) in [6.45, 7) is 3.90. The molecule has 1 atom stereocenters. The van der Waals surface area contributed by atoms with Crippen molar-refractivity contribution in [1.29, 1.82) is 0 Å². The number of carbonyl (C=O) groups is 1. The van der Waals surface area contributed by atoms with Gasteiger partial charge in [0, 0.05) is 6.04 Å². The maximum Gasteiger partial charge on any atom is 0.237 e. The highest BCUT2D eigenvalue weighted by Crippen LogP contribution is 2.32. The smallest absolute Gasteiger partial charge is 0.237 e. The van der Waals surface area contributed by atoms with Gasteiger partial charge in [-0.3, -0.25) is 4.79 Å². The van der Waals surface area contributed by atoms with Gasteiger partial charge in [0.1, 0.15) is 0 Å². The lowest BCUT2D eigenvalue weighted by Crippen LogP contribution is -2.44. The normalized spacial score (nSPS) is 17.7. The predicted octanol–water partition coefficient (Wildman–Crippen LogP) is 3.13. The van der Waals surface area contributed by atoms with Crippen LogP contribution < -0.4 is 11.1 Å². The van der Waals surface area contributed by atoms with E-state index in [9.17, 15) is 4.79 Å². The lowest BCUT2D eigenvalue weighted by molar-refractivity contribution is -0.122. The monoisotopic (exact) mass is 288 g/mol. The summed E-state index contributed by atoms with van der Waals surface area (Å²) < 4.78 is 0. The van der Waals surface area contributed by atoms with E-state index in [-0.39, 0.29) is 11.9 Å². The van der Waals surface area contributed by atoms with Gasteiger partial charge in [0.05, 0.1) is 6.04 Å². The zero-order valence-electron chi connectivity index (χ0n) is 13.3. The van der Waals surface area contributed by atoms with Crippen molar-refractivity contribution >= 4 is 5.91 Å². The molecule has 0 radical (unpaired) electrons. The summed E-state index contributed by atoms with van der Waals surface area (Å²) in [5, 5.41) is 2.86. The van der Waals surface area contributed by atoms with E-state index in [1.165, 1.54) is 37.7 Å². The fourth-order valence-electron chi connectivity index (χ4n) is 3.10. The zero-order chi connectivity index (χ0) is 15.2. The van der Waals surface area contributed by atoms with E-state index in [1.54, 1.807) is 0 Å². The summed E-state index contributed by atoms with van der Waals surface area (Å²) in [5.74, 6) is 0.659. The number of carbonyl (C=O) groups excluding carboxylic acids is 1. The van der Waals surface area contributed by atoms with Crippen LogP contribution in [0.4, 0.5) is 0 Å². The Labute approximate surface area is 128 Å². The zero-order valence-corrected chi connectivity index (χ0v) is 13.3. The van der Waals surface area contributed by atoms with Crippen LogP contribution >= 0.6 is 0 Å². The Morgan fingerprint density at radius 2 is 1.81 bits per heavy atom. The molecule has 1 aliphatic rings. The van der Waals surface area contributed by atoms with Gasteiger partial charge in [-0.2, -0.15) is 0 Å². The van der Waals surface area contributed by atoms with Gasteiger partial charge < -0.3 is 11.1 Å². The molecule has 2 rings (SSSR count). The average molecular weight is 288 g/mol. The van der Waals surface area contributed by atoms with E-state index in [0.29, 0.717) is 6.42 Å². The third kappa shape index (κ3) is 4.85. The molecule has 1 aromatic carbocycles. The van der Waals surface area contributed by atoms with E-state index >= 15 is 0 Å². The minimum absolute atomic E-state index is 0.0682. The standard InChI is InChI=1S/C18H28N2O/c1-13(2)20-18(21)17(19)12-14-8-10-16(11-9-14)15-6-4-3-5-7-15/h8-11,13,15,17H,3-7,12,19H2,1-2H3,(H,20,21)/t17-/m0/s1. The maximum atomic E-state index is 11.8. The summed E-state index contributed by atoms with van der Waals surface area (Å²) >= 11 is 0. The molecule has 0 aromatic heterocycles. The van der Waals surface area contributed by atoms with Crippen molar-refractivity contribution in [3.8, 4) is 0 Å². The van der Waals surface area contributed by atoms with Crippen LogP contribution in [0, 0.1) is 0 Å². The minimum atomic E-state index is -0.465. The molecule has 1 aliphatic carbocycles. The highest BCUT2D eigenvalue weighted by molar-refractivity contribution is 5.82. The Morgan fingerprint density at radius 1 is 1.19 bits per heavy atom. The summed E-state index contributed by atoms with van der Waals surface area (Å²) in [5.41, 5.74) is 8.55. The first kappa shape index (κ1) is 16.0. The molecule has 1 fully saturated rings. The van der Waals surface area contributed by atoms with Gasteiger partial charge in [-0.1, -0.05) is 43.5 Å². The first-order chi connectivity index (χ1) is 10.1. The highest BCUT2D eigenvalue weighted by atomic mass is 16.2. The molecular weight excluding hydrogens is 260 g/mol. The largest absolute Gasteiger partial charge is 0.353 e. The van der Waals surface area contributed by atoms with Gasteiger partial charge in [-0.25, -0.2) is 0 Å². The Balaban J connectivity index is 1.91. The van der Waals surface area contributed by atoms with Crippen molar-refractivity contribution in [2.45, 2.75) is 70.4 Å². The molecule has 116 valence electrons. The van der Waals surface area contributed by atoms with Gasteiger partial charge in [0.15, 0.2) is 0 Å². The van der Waals surface area contributed by atoms with Crippen molar-refractivity contribution in [3.05, 3.63) is 35.4 Å². The molecule has 3 nitrogen and oxygen atoms in total. The quantitative estimate of drug-likeness (QED) is 0.874. The highest BCUT2D eigenvalue weighted by Gasteiger charge is 2.17. The number of benzene rings is 1. The molecule has 3 heteroatoms. The Kier molecular flexibility index (Phi) is 5.80. The predicted molar refractivity (Wildman–Crippen MR) is 87.2 cm³/mol. The third-order valence-electron chi connectivity index (χ3n) is 4.28. The van der Waals surface area contributed by atoms with E-state index in [2.05, 4.69) is 29.6 Å². The van der Waals surface area contributed by atoms with Crippen molar-refractivity contribution in [2.24, 2.45) is 5.73 Å². The van der Waals surface area contributed by atoms with Gasteiger partial charge in [0.25, 0.3) is 0 Å². The summed E-state index contributed by atoms with van der Waals surface area (Å²) in [6.07, 6.45) is 7.32. The van der Waals surface area contributed by atoms with Crippen LogP contribution in [0.3, 0.4) is 0 Å². The fourth-order valence-corrected chi connectivity index (χ4v) is 3.10. The first-order valence-electron chi connectivity index (χ1n) is 8.21. The second-order valence-corrected chi connectivity index (χ2v) is 6.55. The lowest BCUT2D eigenvalue weighted by Gasteiger charge is -2.22. The van der Waals surface area contributed by atoms with E-state index in [1.807, 2.05) is 13.8 Å². The SMILES string of the molecule is CC(C)NC(=O)[C@@H](N)Cc1ccc(C2CCCCC2)cc1. The number of hydrogen-bond donors (Lipinski definition) is 2. The fraction of sp³-hybridized carbons (Fsp3) is 0.611. The molecule has 0 saturated heterocycles. The molecule has 21 heavy (non-hydrogen) atoms. The summed E-state index contributed by atoms with van der Waals surface area (Å²) in [7, 11) is 0. The molecule has 1 aromatic rings. The van der Waals surface area contributed by atoms with E-state index in [4.69, 9.17) is 5.73 Å². The topological polar surface area (TPSA) is 55.1 Å². The second kappa shape index (κ2) is 7.60. The summed E-state index contributed by atoms with van der Waals surface area (Å²) in [4.78, 5) is 11.8. The average Bonchev–Trinajstić information content (AvgIpc) is 2.48. The maximum absolute atomic E-state index is 11.8. The Bertz CT molecular complexity index is 447. The molecule has 0 unspecified atom stereocenters. The third-order valence-corrected chi connectivity index (χ3v) is 4.28. The van der Waals surface area contributed by atoms with Gasteiger partial charge in [-0.15, -0.1) is 0 Å². The molecule has 0 spiro atoms. The molecule has 1 saturated carbocycles. The number of amides is 1. The summed E-state index contributed by atoms with van der Waals surface area (Å²) in [6, 6.07) is 8.38. The Morgan fingerprint density at radius 3 is 2.38 bits per heavy atom. The van der Waals surface area contributed by atoms with Crippen LogP contribution in [0.15, 0.2) is 24.3 Å². The lowest BCUT2D eigenvalue weighted by atomic mass is 9.84. The minimum Gasteiger partial charge on any atom is -0.353 e. The van der Waals surface area contributed by atoms with Crippen molar-refractivity contribution in [2.75, 3.05) is 0 Å². The van der Waals surface area contributed by atoms with E-state index < -0.39 is 6.04 Å². The molecule has 0 aliphatic heterocycles. The Hall–Kier alpha value is -1.35. The van der Waals surface area contributed by atoms with Crippen LogP contribution in [0.25, 0.3) is 0 Å². The second-order valence-electron chi connectivity index (χ2n) is 6.55. The van der Waals surface area contributed by atoms with Crippen LogP contribution in [-0.4, -0.2) is 18.0 Å². The number of rotatable bonds is 5. The molecule has 3 N–H and O–H groups in total. The number of nitrogens with two attached hydrogens (primary N) is 1. The van der Waals surface area contributed by atoms with Gasteiger partial charge in [-0.05, 0) is 50.2 Å². The van der Waals surface area contributed by atoms with Gasteiger partial charge >= 0.3 is 0 Å². The molecule has 0 heterocycles. The van der Waals surface area contributed by atoms with E-state index in [0.717, 1.165) is 11.5 Å². The first-order valence-corrected chi connectivity index (χ1v) is 8.21. The van der Waals surface area contributed by atoms with Crippen LogP contribution in [-0.2, 0) is 11.2 Å². The number of nitrogens with one attached hydrogen (secondary N) is 1. The van der Waals surface area contributed by atoms with Crippen LogP contribution in [0.2, 0.25) is 0 Å². The van der Waals surface area contributed by atoms with Crippen molar-refractivity contribution < 1.29 is 4.79 Å². The molecule has 1 amide bonds. The van der Waals surface area contributed by atoms with Crippen LogP contribution in [0.1, 0.15) is 63.0 Å².